The van der Waals surface area contributed by atoms with Gasteiger partial charge in [-0.15, -0.1) is 0 Å². The summed E-state index contributed by atoms with van der Waals surface area (Å²) in [7, 11) is 0. The second kappa shape index (κ2) is 11.6. The number of unbranched alkanes of at least 4 members (excludes halogenated alkanes) is 1. The molecule has 0 aliphatic carbocycles. The van der Waals surface area contributed by atoms with Gasteiger partial charge in [0.1, 0.15) is 5.75 Å². The fourth-order valence-electron chi connectivity index (χ4n) is 2.63. The van der Waals surface area contributed by atoms with Crippen LogP contribution in [0.15, 0.2) is 42.5 Å². The zero-order valence-corrected chi connectivity index (χ0v) is 17.7. The summed E-state index contributed by atoms with van der Waals surface area (Å²) in [5, 5.41) is 2.80. The van der Waals surface area contributed by atoms with Crippen molar-refractivity contribution in [1.29, 1.82) is 0 Å². The first-order chi connectivity index (χ1) is 14.4. The molecule has 0 saturated heterocycles. The van der Waals surface area contributed by atoms with E-state index >= 15 is 0 Å². The van der Waals surface area contributed by atoms with E-state index in [0.29, 0.717) is 17.9 Å². The van der Waals surface area contributed by atoms with Crippen molar-refractivity contribution >= 4 is 23.4 Å². The van der Waals surface area contributed by atoms with Crippen molar-refractivity contribution in [2.75, 3.05) is 11.9 Å². The zero-order valence-electron chi connectivity index (χ0n) is 17.7. The predicted octanol–water partition coefficient (Wildman–Crippen LogP) is 3.66. The lowest BCUT2D eigenvalue weighted by atomic mass is 10.1. The molecule has 0 aliphatic heterocycles. The molecule has 3 N–H and O–H groups in total. The highest BCUT2D eigenvalue weighted by Crippen LogP contribution is 2.17. The third kappa shape index (κ3) is 7.58. The summed E-state index contributed by atoms with van der Waals surface area (Å²) >= 11 is 0. The van der Waals surface area contributed by atoms with Gasteiger partial charge in [-0.1, -0.05) is 31.5 Å². The monoisotopic (exact) mass is 411 g/mol. The Morgan fingerprint density at radius 2 is 1.70 bits per heavy atom. The van der Waals surface area contributed by atoms with Crippen LogP contribution in [-0.4, -0.2) is 24.3 Å². The Bertz CT molecular complexity index is 896. The Balaban J connectivity index is 1.76. The summed E-state index contributed by atoms with van der Waals surface area (Å²) in [5.41, 5.74) is 7.78. The Kier molecular flexibility index (Phi) is 8.87. The van der Waals surface area contributed by atoms with E-state index in [0.717, 1.165) is 29.7 Å². The lowest BCUT2D eigenvalue weighted by Gasteiger charge is -2.10. The Morgan fingerprint density at radius 1 is 0.933 bits per heavy atom. The van der Waals surface area contributed by atoms with E-state index < -0.39 is 11.8 Å². The SMILES string of the molecule is CCCCOc1cccc(C(=O)NNC(=O)CCC(=O)Nc2cc(C)ccc2C)c1. The molecule has 3 amide bonds. The molecule has 0 spiro atoms. The normalized spacial score (nSPS) is 10.2. The quantitative estimate of drug-likeness (QED) is 0.433. The van der Waals surface area contributed by atoms with E-state index in [1.807, 2.05) is 32.0 Å². The number of ether oxygens (including phenoxy) is 1. The fraction of sp³-hybridized carbons (Fsp3) is 0.348. The number of carbonyl (C=O) groups excluding carboxylic acids is 3. The maximum absolute atomic E-state index is 12.2. The minimum atomic E-state index is -0.455. The van der Waals surface area contributed by atoms with Crippen LogP contribution in [0.25, 0.3) is 0 Å². The van der Waals surface area contributed by atoms with Crippen LogP contribution in [0.1, 0.15) is 54.1 Å². The molecule has 30 heavy (non-hydrogen) atoms. The van der Waals surface area contributed by atoms with Crippen molar-refractivity contribution in [1.82, 2.24) is 10.9 Å². The van der Waals surface area contributed by atoms with Gasteiger partial charge in [0.2, 0.25) is 11.8 Å². The van der Waals surface area contributed by atoms with Crippen LogP contribution >= 0.6 is 0 Å². The van der Waals surface area contributed by atoms with Crippen molar-refractivity contribution in [3.8, 4) is 5.75 Å². The van der Waals surface area contributed by atoms with Crippen LogP contribution in [0.2, 0.25) is 0 Å². The predicted molar refractivity (Wildman–Crippen MR) is 116 cm³/mol. The molecule has 2 aromatic rings. The average Bonchev–Trinajstić information content (AvgIpc) is 2.73. The van der Waals surface area contributed by atoms with Crippen LogP contribution in [-0.2, 0) is 9.59 Å². The maximum atomic E-state index is 12.2. The number of benzene rings is 2. The second-order valence-electron chi connectivity index (χ2n) is 7.10. The Hall–Kier alpha value is -3.35. The second-order valence-corrected chi connectivity index (χ2v) is 7.10. The van der Waals surface area contributed by atoms with E-state index in [-0.39, 0.29) is 18.7 Å². The first-order valence-corrected chi connectivity index (χ1v) is 10.1. The first kappa shape index (κ1) is 22.9. The number of hydrogen-bond acceptors (Lipinski definition) is 4. The largest absolute Gasteiger partial charge is 0.494 e. The summed E-state index contributed by atoms with van der Waals surface area (Å²) in [6.07, 6.45) is 1.92. The van der Waals surface area contributed by atoms with Gasteiger partial charge in [0.05, 0.1) is 6.61 Å². The van der Waals surface area contributed by atoms with E-state index in [1.165, 1.54) is 0 Å². The zero-order chi connectivity index (χ0) is 21.9. The van der Waals surface area contributed by atoms with Gasteiger partial charge >= 0.3 is 0 Å². The molecule has 160 valence electrons. The third-order valence-electron chi connectivity index (χ3n) is 4.42. The third-order valence-corrected chi connectivity index (χ3v) is 4.42. The van der Waals surface area contributed by atoms with Crippen LogP contribution in [0.3, 0.4) is 0 Å². The van der Waals surface area contributed by atoms with E-state index in [1.54, 1.807) is 24.3 Å². The van der Waals surface area contributed by atoms with Crippen molar-refractivity contribution < 1.29 is 19.1 Å². The van der Waals surface area contributed by atoms with Crippen LogP contribution in [0, 0.1) is 13.8 Å². The number of carbonyl (C=O) groups is 3. The topological polar surface area (TPSA) is 96.5 Å². The summed E-state index contributed by atoms with van der Waals surface area (Å²) in [6.45, 7) is 6.50. The van der Waals surface area contributed by atoms with Gasteiger partial charge in [0.25, 0.3) is 5.91 Å². The number of anilines is 1. The minimum absolute atomic E-state index is 0.00976. The Morgan fingerprint density at radius 3 is 2.47 bits per heavy atom. The highest BCUT2D eigenvalue weighted by molar-refractivity contribution is 5.97. The molecular formula is C23H29N3O4. The van der Waals surface area contributed by atoms with E-state index in [4.69, 9.17) is 4.74 Å². The molecule has 0 fully saturated rings. The van der Waals surface area contributed by atoms with Crippen LogP contribution < -0.4 is 20.9 Å². The van der Waals surface area contributed by atoms with Gasteiger partial charge in [-0.2, -0.15) is 0 Å². The van der Waals surface area contributed by atoms with Gasteiger partial charge in [-0.25, -0.2) is 0 Å². The van der Waals surface area contributed by atoms with E-state index in [2.05, 4.69) is 23.1 Å². The number of amides is 3. The smallest absolute Gasteiger partial charge is 0.269 e. The number of hydrazine groups is 1. The summed E-state index contributed by atoms with van der Waals surface area (Å²) in [6, 6.07) is 12.5. The lowest BCUT2D eigenvalue weighted by Crippen LogP contribution is -2.41. The number of hydrogen-bond donors (Lipinski definition) is 3. The van der Waals surface area contributed by atoms with Gasteiger partial charge < -0.3 is 10.1 Å². The van der Waals surface area contributed by atoms with Gasteiger partial charge in [-0.3, -0.25) is 25.2 Å². The standard InChI is InChI=1S/C23H29N3O4/c1-4-5-13-30-19-8-6-7-18(15-19)23(29)26-25-22(28)12-11-21(27)24-20-14-16(2)9-10-17(20)3/h6-10,14-15H,4-5,11-13H2,1-3H3,(H,24,27)(H,25,28)(H,26,29). The molecule has 7 heteroatoms. The molecule has 2 rings (SSSR count). The van der Waals surface area contributed by atoms with Crippen LogP contribution in [0.5, 0.6) is 5.75 Å². The number of rotatable bonds is 9. The number of aryl methyl sites for hydroxylation is 2. The summed E-state index contributed by atoms with van der Waals surface area (Å²) in [5.74, 6) is -0.563. The molecule has 0 heterocycles. The maximum Gasteiger partial charge on any atom is 0.269 e. The van der Waals surface area contributed by atoms with Gasteiger partial charge in [0, 0.05) is 24.1 Å². The van der Waals surface area contributed by atoms with Gasteiger partial charge in [-0.05, 0) is 55.7 Å². The van der Waals surface area contributed by atoms with E-state index in [9.17, 15) is 14.4 Å². The molecule has 2 aromatic carbocycles. The molecule has 0 radical (unpaired) electrons. The average molecular weight is 412 g/mol. The van der Waals surface area contributed by atoms with Crippen molar-refractivity contribution in [3.63, 3.8) is 0 Å². The lowest BCUT2D eigenvalue weighted by molar-refractivity contribution is -0.124. The Labute approximate surface area is 177 Å². The first-order valence-electron chi connectivity index (χ1n) is 10.1. The molecule has 0 unspecified atom stereocenters. The molecule has 0 atom stereocenters. The molecular weight excluding hydrogens is 382 g/mol. The highest BCUT2D eigenvalue weighted by Gasteiger charge is 2.11. The molecule has 7 nitrogen and oxygen atoms in total. The van der Waals surface area contributed by atoms with Crippen molar-refractivity contribution in [3.05, 3.63) is 59.2 Å². The summed E-state index contributed by atoms with van der Waals surface area (Å²) in [4.78, 5) is 36.3. The highest BCUT2D eigenvalue weighted by atomic mass is 16.5. The fourth-order valence-corrected chi connectivity index (χ4v) is 2.63. The molecule has 0 aliphatic rings. The molecule has 0 saturated carbocycles. The number of nitrogens with one attached hydrogen (secondary N) is 3. The van der Waals surface area contributed by atoms with Crippen molar-refractivity contribution in [2.24, 2.45) is 0 Å². The molecule has 0 bridgehead atoms. The minimum Gasteiger partial charge on any atom is -0.494 e. The van der Waals surface area contributed by atoms with Crippen molar-refractivity contribution in [2.45, 2.75) is 46.5 Å². The molecule has 0 aromatic heterocycles. The van der Waals surface area contributed by atoms with Crippen LogP contribution in [0.4, 0.5) is 5.69 Å². The summed E-state index contributed by atoms with van der Waals surface area (Å²) < 4.78 is 5.58. The van der Waals surface area contributed by atoms with Gasteiger partial charge in [0.15, 0.2) is 0 Å².